The van der Waals surface area contributed by atoms with Crippen molar-refractivity contribution in [3.05, 3.63) is 34.6 Å². The molecular formula is C15H21N3S. The summed E-state index contributed by atoms with van der Waals surface area (Å²) >= 11 is 5.63. The lowest BCUT2D eigenvalue weighted by atomic mass is 10.2. The van der Waals surface area contributed by atoms with E-state index in [2.05, 4.69) is 47.7 Å². The van der Waals surface area contributed by atoms with Crippen molar-refractivity contribution in [3.8, 4) is 0 Å². The maximum absolute atomic E-state index is 5.63. The van der Waals surface area contributed by atoms with Gasteiger partial charge in [-0.3, -0.25) is 0 Å². The minimum Gasteiger partial charge on any atom is -0.313 e. The summed E-state index contributed by atoms with van der Waals surface area (Å²) in [5.41, 5.74) is 2.15. The summed E-state index contributed by atoms with van der Waals surface area (Å²) in [5, 5.41) is 3.33. The molecule has 0 spiro atoms. The van der Waals surface area contributed by atoms with Crippen LogP contribution in [0.15, 0.2) is 24.4 Å². The summed E-state index contributed by atoms with van der Waals surface area (Å²) < 4.78 is 2.96. The van der Waals surface area contributed by atoms with Gasteiger partial charge in [0, 0.05) is 25.2 Å². The summed E-state index contributed by atoms with van der Waals surface area (Å²) in [7, 11) is 2.08. The molecule has 0 aromatic carbocycles. The first kappa shape index (κ1) is 14.0. The highest BCUT2D eigenvalue weighted by Crippen LogP contribution is 2.17. The van der Waals surface area contributed by atoms with E-state index in [4.69, 9.17) is 12.2 Å². The highest BCUT2D eigenvalue weighted by atomic mass is 32.1. The molecule has 0 aliphatic carbocycles. The Labute approximate surface area is 119 Å². The van der Waals surface area contributed by atoms with Gasteiger partial charge in [-0.1, -0.05) is 32.5 Å². The van der Waals surface area contributed by atoms with Crippen LogP contribution >= 0.6 is 12.2 Å². The van der Waals surface area contributed by atoms with Crippen LogP contribution in [0.2, 0.25) is 0 Å². The molecule has 0 bridgehead atoms. The fraction of sp³-hybridized carbons (Fsp3) is 0.467. The second-order valence-electron chi connectivity index (χ2n) is 4.79. The van der Waals surface area contributed by atoms with E-state index in [1.54, 1.807) is 0 Å². The highest BCUT2D eigenvalue weighted by Gasteiger charge is 2.09. The van der Waals surface area contributed by atoms with Gasteiger partial charge in [-0.05, 0) is 36.6 Å². The zero-order chi connectivity index (χ0) is 13.8. The van der Waals surface area contributed by atoms with E-state index in [0.717, 1.165) is 35.1 Å². The summed E-state index contributed by atoms with van der Waals surface area (Å²) in [6.07, 6.45) is 5.11. The fourth-order valence-corrected chi connectivity index (χ4v) is 2.67. The van der Waals surface area contributed by atoms with Crippen molar-refractivity contribution in [3.63, 3.8) is 0 Å². The van der Waals surface area contributed by atoms with Gasteiger partial charge in [-0.15, -0.1) is 0 Å². The molecule has 0 saturated heterocycles. The van der Waals surface area contributed by atoms with Crippen LogP contribution in [0.5, 0.6) is 0 Å². The average Bonchev–Trinajstić information content (AvgIpc) is 2.44. The highest BCUT2D eigenvalue weighted by molar-refractivity contribution is 7.71. The lowest BCUT2D eigenvalue weighted by molar-refractivity contribution is 0.617. The third kappa shape index (κ3) is 2.78. The van der Waals surface area contributed by atoms with Crippen LogP contribution in [-0.2, 0) is 6.42 Å². The van der Waals surface area contributed by atoms with Gasteiger partial charge in [-0.25, -0.2) is 9.66 Å². The summed E-state index contributed by atoms with van der Waals surface area (Å²) in [4.78, 5) is 4.50. The third-order valence-electron chi connectivity index (χ3n) is 3.37. The van der Waals surface area contributed by atoms with Crippen molar-refractivity contribution in [2.45, 2.75) is 33.1 Å². The van der Waals surface area contributed by atoms with Crippen LogP contribution in [0.4, 0.5) is 0 Å². The predicted octanol–water partition coefficient (Wildman–Crippen LogP) is 3.70. The Morgan fingerprint density at radius 3 is 2.84 bits per heavy atom. The van der Waals surface area contributed by atoms with Crippen molar-refractivity contribution in [2.75, 3.05) is 18.6 Å². The molecule has 2 heterocycles. The number of nitrogens with zero attached hydrogens (tertiary/aromatic N) is 3. The van der Waals surface area contributed by atoms with E-state index in [1.165, 1.54) is 12.0 Å². The number of rotatable bonds is 5. The zero-order valence-corrected chi connectivity index (χ0v) is 12.7. The molecule has 2 rings (SSSR count). The van der Waals surface area contributed by atoms with E-state index in [1.807, 2.05) is 12.3 Å². The summed E-state index contributed by atoms with van der Waals surface area (Å²) in [6.45, 7) is 5.33. The zero-order valence-electron chi connectivity index (χ0n) is 11.9. The Morgan fingerprint density at radius 2 is 2.16 bits per heavy atom. The van der Waals surface area contributed by atoms with Gasteiger partial charge in [0.15, 0.2) is 5.65 Å². The van der Waals surface area contributed by atoms with Crippen LogP contribution in [0.1, 0.15) is 32.3 Å². The van der Waals surface area contributed by atoms with E-state index in [9.17, 15) is 0 Å². The van der Waals surface area contributed by atoms with E-state index in [-0.39, 0.29) is 0 Å². The first-order valence-electron chi connectivity index (χ1n) is 6.90. The largest absolute Gasteiger partial charge is 0.313 e. The van der Waals surface area contributed by atoms with Crippen LogP contribution in [0, 0.1) is 4.64 Å². The first-order valence-corrected chi connectivity index (χ1v) is 7.31. The first-order chi connectivity index (χ1) is 9.19. The van der Waals surface area contributed by atoms with Gasteiger partial charge in [0.1, 0.15) is 4.64 Å². The molecule has 0 radical (unpaired) electrons. The normalized spacial score (nSPS) is 10.9. The predicted molar refractivity (Wildman–Crippen MR) is 83.9 cm³/mol. The number of fused-ring (bicyclic) bond motifs is 1. The van der Waals surface area contributed by atoms with Crippen molar-refractivity contribution < 1.29 is 0 Å². The molecule has 0 atom stereocenters. The molecule has 2 aromatic rings. The topological polar surface area (TPSA) is 21.1 Å². The van der Waals surface area contributed by atoms with Gasteiger partial charge in [0.2, 0.25) is 0 Å². The number of unbranched alkanes of at least 4 members (excludes halogenated alkanes) is 1. The van der Waals surface area contributed by atoms with Crippen LogP contribution in [0.25, 0.3) is 11.0 Å². The van der Waals surface area contributed by atoms with Gasteiger partial charge >= 0.3 is 0 Å². The molecule has 0 N–H and O–H groups in total. The smallest absolute Gasteiger partial charge is 0.159 e. The van der Waals surface area contributed by atoms with Crippen molar-refractivity contribution in [1.29, 1.82) is 0 Å². The lowest BCUT2D eigenvalue weighted by Gasteiger charge is -2.24. The van der Waals surface area contributed by atoms with E-state index >= 15 is 0 Å². The van der Waals surface area contributed by atoms with Crippen LogP contribution in [-0.4, -0.2) is 23.3 Å². The Kier molecular flexibility index (Phi) is 4.53. The third-order valence-corrected chi connectivity index (χ3v) is 3.81. The number of aromatic nitrogens is 2. The average molecular weight is 275 g/mol. The lowest BCUT2D eigenvalue weighted by Crippen LogP contribution is -2.33. The van der Waals surface area contributed by atoms with Crippen molar-refractivity contribution in [1.82, 2.24) is 9.66 Å². The molecule has 4 heteroatoms. The van der Waals surface area contributed by atoms with Gasteiger partial charge in [0.25, 0.3) is 0 Å². The Morgan fingerprint density at radius 1 is 1.37 bits per heavy atom. The Hall–Kier alpha value is -1.42. The maximum atomic E-state index is 5.63. The molecule has 0 amide bonds. The number of hydrogen-bond acceptors (Lipinski definition) is 3. The molecule has 0 fully saturated rings. The Bertz CT molecular complexity index is 618. The molecule has 2 aromatic heterocycles. The van der Waals surface area contributed by atoms with Crippen LogP contribution < -0.4 is 5.01 Å². The van der Waals surface area contributed by atoms with E-state index in [0.29, 0.717) is 0 Å². The second-order valence-corrected chi connectivity index (χ2v) is 5.18. The second kappa shape index (κ2) is 6.15. The van der Waals surface area contributed by atoms with Gasteiger partial charge < -0.3 is 5.01 Å². The van der Waals surface area contributed by atoms with E-state index < -0.39 is 0 Å². The number of aryl methyl sites for hydroxylation is 1. The minimum atomic E-state index is 0.882. The molecular weight excluding hydrogens is 254 g/mol. The van der Waals surface area contributed by atoms with Gasteiger partial charge in [0.05, 0.1) is 0 Å². The minimum absolute atomic E-state index is 0.882. The van der Waals surface area contributed by atoms with Crippen molar-refractivity contribution in [2.24, 2.45) is 0 Å². The fourth-order valence-electron chi connectivity index (χ4n) is 2.24. The molecule has 0 aliphatic rings. The van der Waals surface area contributed by atoms with Gasteiger partial charge in [-0.2, -0.15) is 0 Å². The molecule has 19 heavy (non-hydrogen) atoms. The molecule has 3 nitrogen and oxygen atoms in total. The monoisotopic (exact) mass is 275 g/mol. The number of hydrogen-bond donors (Lipinski definition) is 0. The molecule has 0 aliphatic heterocycles. The SMILES string of the molecule is CCCCN(C)n1c(=S)c(CC)cc2cccnc21. The van der Waals surface area contributed by atoms with Crippen molar-refractivity contribution >= 4 is 23.3 Å². The quantitative estimate of drug-likeness (QED) is 0.776. The standard InChI is InChI=1S/C15H21N3S/c1-4-6-10-17(3)18-14-13(8-7-9-16-14)11-12(5-2)15(18)19/h7-9,11H,4-6,10H2,1-3H3. The molecule has 0 saturated carbocycles. The summed E-state index contributed by atoms with van der Waals surface area (Å²) in [5.74, 6) is 0. The molecule has 0 unspecified atom stereocenters. The molecule has 102 valence electrons. The Balaban J connectivity index is 2.62. The van der Waals surface area contributed by atoms with Crippen LogP contribution in [0.3, 0.4) is 0 Å². The summed E-state index contributed by atoms with van der Waals surface area (Å²) in [6, 6.07) is 6.23. The maximum Gasteiger partial charge on any atom is 0.159 e. The number of pyridine rings is 2.